The van der Waals surface area contributed by atoms with Crippen LogP contribution in [0.2, 0.25) is 0 Å². The summed E-state index contributed by atoms with van der Waals surface area (Å²) in [7, 11) is 0. The molecule has 0 aliphatic carbocycles. The molecule has 0 aliphatic heterocycles. The lowest BCUT2D eigenvalue weighted by molar-refractivity contribution is -0.139. The fourth-order valence-corrected chi connectivity index (χ4v) is 1.64. The van der Waals surface area contributed by atoms with E-state index < -0.39 is 18.0 Å². The number of hydrogen-bond donors (Lipinski definition) is 3. The molecule has 0 saturated heterocycles. The van der Waals surface area contributed by atoms with Crippen LogP contribution in [0.1, 0.15) is 24.9 Å². The molecule has 0 aromatic heterocycles. The number of urea groups is 1. The second kappa shape index (κ2) is 8.92. The molecule has 0 saturated carbocycles. The Balaban J connectivity index is 2.43. The number of carbonyl (C=O) groups is 2. The molecule has 1 rings (SSSR count). The average Bonchev–Trinajstić information content (AvgIpc) is 2.45. The van der Waals surface area contributed by atoms with Crippen molar-refractivity contribution in [1.29, 1.82) is 0 Å². The van der Waals surface area contributed by atoms with Crippen molar-refractivity contribution < 1.29 is 19.4 Å². The van der Waals surface area contributed by atoms with Gasteiger partial charge in [0.05, 0.1) is 0 Å². The summed E-state index contributed by atoms with van der Waals surface area (Å²) in [6.45, 7) is 3.55. The van der Waals surface area contributed by atoms with Crippen molar-refractivity contribution in [2.75, 3.05) is 19.8 Å². The van der Waals surface area contributed by atoms with Gasteiger partial charge in [-0.25, -0.2) is 9.59 Å². The highest BCUT2D eigenvalue weighted by Gasteiger charge is 2.21. The second-order valence-electron chi connectivity index (χ2n) is 4.13. The fraction of sp³-hybridized carbons (Fsp3) is 0.429. The molecule has 1 aromatic rings. The topological polar surface area (TPSA) is 87.7 Å². The number of nitrogens with one attached hydrogen (secondary N) is 2. The summed E-state index contributed by atoms with van der Waals surface area (Å²) in [6.07, 6.45) is 0.685. The Bertz CT molecular complexity index is 422. The molecule has 0 unspecified atom stereocenters. The van der Waals surface area contributed by atoms with Crippen LogP contribution >= 0.6 is 0 Å². The van der Waals surface area contributed by atoms with Crippen LogP contribution in [0, 0.1) is 0 Å². The first-order valence-electron chi connectivity index (χ1n) is 6.55. The van der Waals surface area contributed by atoms with E-state index in [9.17, 15) is 9.59 Å². The van der Waals surface area contributed by atoms with Crippen LogP contribution in [0.25, 0.3) is 0 Å². The molecule has 0 spiro atoms. The minimum absolute atomic E-state index is 0.437. The highest BCUT2D eigenvalue weighted by molar-refractivity contribution is 5.83. The summed E-state index contributed by atoms with van der Waals surface area (Å²) in [5, 5.41) is 14.2. The zero-order valence-electron chi connectivity index (χ0n) is 11.5. The van der Waals surface area contributed by atoms with Gasteiger partial charge in [0, 0.05) is 19.8 Å². The summed E-state index contributed by atoms with van der Waals surface area (Å²) in [5.74, 6) is -1.10. The molecule has 2 amide bonds. The van der Waals surface area contributed by atoms with Crippen molar-refractivity contribution in [1.82, 2.24) is 10.6 Å². The molecule has 0 aliphatic rings. The van der Waals surface area contributed by atoms with Crippen molar-refractivity contribution in [3.05, 3.63) is 35.9 Å². The third kappa shape index (κ3) is 5.71. The molecule has 0 bridgehead atoms. The van der Waals surface area contributed by atoms with Crippen LogP contribution in [-0.4, -0.2) is 36.9 Å². The number of amides is 2. The van der Waals surface area contributed by atoms with E-state index >= 15 is 0 Å². The molecule has 110 valence electrons. The molecule has 6 nitrogen and oxygen atoms in total. The van der Waals surface area contributed by atoms with Gasteiger partial charge in [0.2, 0.25) is 0 Å². The van der Waals surface area contributed by atoms with E-state index in [0.717, 1.165) is 0 Å². The van der Waals surface area contributed by atoms with Crippen LogP contribution < -0.4 is 10.6 Å². The maximum Gasteiger partial charge on any atom is 0.330 e. The first kappa shape index (κ1) is 16.0. The SMILES string of the molecule is CCOCCCNC(=O)N[C@H](C(=O)O)c1ccccc1. The smallest absolute Gasteiger partial charge is 0.330 e. The molecule has 3 N–H and O–H groups in total. The monoisotopic (exact) mass is 280 g/mol. The number of aliphatic carboxylic acids is 1. The van der Waals surface area contributed by atoms with Gasteiger partial charge in [0.15, 0.2) is 6.04 Å². The summed E-state index contributed by atoms with van der Waals surface area (Å²) in [6, 6.07) is 7.01. The molecular formula is C14H20N2O4. The highest BCUT2D eigenvalue weighted by Crippen LogP contribution is 2.12. The quantitative estimate of drug-likeness (QED) is 0.630. The zero-order chi connectivity index (χ0) is 14.8. The Morgan fingerprint density at radius 1 is 1.30 bits per heavy atom. The Hall–Kier alpha value is -2.08. The Labute approximate surface area is 118 Å². The summed E-state index contributed by atoms with van der Waals surface area (Å²) < 4.78 is 5.14. The number of ether oxygens (including phenoxy) is 1. The largest absolute Gasteiger partial charge is 0.479 e. The molecular weight excluding hydrogens is 260 g/mol. The third-order valence-corrected chi connectivity index (χ3v) is 2.61. The van der Waals surface area contributed by atoms with E-state index in [-0.39, 0.29) is 0 Å². The van der Waals surface area contributed by atoms with E-state index in [2.05, 4.69) is 10.6 Å². The fourth-order valence-electron chi connectivity index (χ4n) is 1.64. The lowest BCUT2D eigenvalue weighted by atomic mass is 10.1. The van der Waals surface area contributed by atoms with Crippen LogP contribution in [-0.2, 0) is 9.53 Å². The van der Waals surface area contributed by atoms with Crippen molar-refractivity contribution in [2.45, 2.75) is 19.4 Å². The summed E-state index contributed by atoms with van der Waals surface area (Å²) >= 11 is 0. The zero-order valence-corrected chi connectivity index (χ0v) is 11.5. The third-order valence-electron chi connectivity index (χ3n) is 2.61. The lowest BCUT2D eigenvalue weighted by Crippen LogP contribution is -2.41. The maximum absolute atomic E-state index is 11.6. The van der Waals surface area contributed by atoms with Gasteiger partial charge >= 0.3 is 12.0 Å². The maximum atomic E-state index is 11.6. The number of hydrogen-bond acceptors (Lipinski definition) is 3. The minimum atomic E-state index is -1.10. The van der Waals surface area contributed by atoms with E-state index in [1.165, 1.54) is 0 Å². The van der Waals surface area contributed by atoms with Gasteiger partial charge in [0.25, 0.3) is 0 Å². The second-order valence-corrected chi connectivity index (χ2v) is 4.13. The molecule has 0 fully saturated rings. The van der Waals surface area contributed by atoms with Crippen LogP contribution in [0.4, 0.5) is 4.79 Å². The van der Waals surface area contributed by atoms with Crippen LogP contribution in [0.15, 0.2) is 30.3 Å². The van der Waals surface area contributed by atoms with Crippen LogP contribution in [0.3, 0.4) is 0 Å². The van der Waals surface area contributed by atoms with Crippen molar-refractivity contribution in [2.24, 2.45) is 0 Å². The summed E-state index contributed by atoms with van der Waals surface area (Å²) in [4.78, 5) is 22.8. The molecule has 1 atom stereocenters. The number of carbonyl (C=O) groups excluding carboxylic acids is 1. The number of carboxylic acids is 1. The van der Waals surface area contributed by atoms with Crippen molar-refractivity contribution >= 4 is 12.0 Å². The van der Waals surface area contributed by atoms with Crippen molar-refractivity contribution in [3.63, 3.8) is 0 Å². The number of benzene rings is 1. The number of rotatable bonds is 8. The van der Waals surface area contributed by atoms with E-state index in [4.69, 9.17) is 9.84 Å². The van der Waals surface area contributed by atoms with Crippen molar-refractivity contribution in [3.8, 4) is 0 Å². The van der Waals surface area contributed by atoms with Crippen LogP contribution in [0.5, 0.6) is 0 Å². The van der Waals surface area contributed by atoms with Gasteiger partial charge in [-0.1, -0.05) is 30.3 Å². The Morgan fingerprint density at radius 3 is 2.60 bits per heavy atom. The Morgan fingerprint density at radius 2 is 2.00 bits per heavy atom. The standard InChI is InChI=1S/C14H20N2O4/c1-2-20-10-6-9-15-14(19)16-12(13(17)18)11-7-4-3-5-8-11/h3-5,7-8,12H,2,6,9-10H2,1H3,(H,17,18)(H2,15,16,19)/t12-/m0/s1. The predicted molar refractivity (Wildman–Crippen MR) is 74.5 cm³/mol. The molecule has 0 heterocycles. The molecule has 20 heavy (non-hydrogen) atoms. The van der Waals surface area contributed by atoms with Gasteiger partial charge < -0.3 is 20.5 Å². The van der Waals surface area contributed by atoms with Gasteiger partial charge in [-0.3, -0.25) is 0 Å². The first-order chi connectivity index (χ1) is 9.65. The molecule has 0 radical (unpaired) electrons. The number of carboxylic acid groups (broad SMARTS) is 1. The van der Waals surface area contributed by atoms with Gasteiger partial charge in [-0.05, 0) is 18.9 Å². The lowest BCUT2D eigenvalue weighted by Gasteiger charge is -2.15. The molecule has 1 aromatic carbocycles. The van der Waals surface area contributed by atoms with E-state index in [1.54, 1.807) is 30.3 Å². The van der Waals surface area contributed by atoms with Gasteiger partial charge in [0.1, 0.15) is 0 Å². The first-order valence-corrected chi connectivity index (χ1v) is 6.55. The molecule has 6 heteroatoms. The normalized spacial score (nSPS) is 11.7. The average molecular weight is 280 g/mol. The predicted octanol–water partition coefficient (Wildman–Crippen LogP) is 1.54. The van der Waals surface area contributed by atoms with E-state index in [1.807, 2.05) is 6.92 Å². The van der Waals surface area contributed by atoms with Gasteiger partial charge in [-0.15, -0.1) is 0 Å². The summed E-state index contributed by atoms with van der Waals surface area (Å²) in [5.41, 5.74) is 0.532. The van der Waals surface area contributed by atoms with E-state index in [0.29, 0.717) is 31.7 Å². The Kier molecular flexibility index (Phi) is 7.13. The highest BCUT2D eigenvalue weighted by atomic mass is 16.5. The minimum Gasteiger partial charge on any atom is -0.479 e. The van der Waals surface area contributed by atoms with Gasteiger partial charge in [-0.2, -0.15) is 0 Å².